The molecule has 168 valence electrons. The van der Waals surface area contributed by atoms with Crippen molar-refractivity contribution in [2.24, 2.45) is 0 Å². The molecule has 3 aromatic rings. The van der Waals surface area contributed by atoms with Crippen LogP contribution in [0.5, 0.6) is 5.75 Å². The predicted octanol–water partition coefficient (Wildman–Crippen LogP) is 6.44. The summed E-state index contributed by atoms with van der Waals surface area (Å²) in [4.78, 5) is 12.5. The molecule has 0 aliphatic rings. The van der Waals surface area contributed by atoms with E-state index in [4.69, 9.17) is 4.74 Å². The minimum atomic E-state index is -0.352. The topological polar surface area (TPSA) is 62.1 Å². The lowest BCUT2D eigenvalue weighted by molar-refractivity contribution is -0.117. The van der Waals surface area contributed by atoms with Gasteiger partial charge in [0.2, 0.25) is 0 Å². The van der Waals surface area contributed by atoms with Crippen LogP contribution in [-0.4, -0.2) is 12.5 Å². The number of hydrogen-bond acceptors (Lipinski definition) is 3. The van der Waals surface area contributed by atoms with Gasteiger partial charge in [0.05, 0.1) is 7.14 Å². The summed E-state index contributed by atoms with van der Waals surface area (Å²) < 4.78 is 7.91. The van der Waals surface area contributed by atoms with Gasteiger partial charge >= 0.3 is 0 Å². The van der Waals surface area contributed by atoms with Gasteiger partial charge in [0.1, 0.15) is 24.0 Å². The SMILES string of the molecule is Cc1ccc(COc2c(I)cc(/C=C(/C#N)C(=O)NCCCc3ccccc3)cc2I)cc1. The minimum Gasteiger partial charge on any atom is -0.487 e. The first-order valence-electron chi connectivity index (χ1n) is 10.6. The molecule has 0 saturated heterocycles. The van der Waals surface area contributed by atoms with E-state index in [0.717, 1.165) is 36.9 Å². The standard InChI is InChI=1S/C27H24I2N2O2/c1-19-9-11-21(12-10-19)18-33-26-24(28)15-22(16-25(26)29)14-23(17-30)27(32)31-13-5-8-20-6-3-2-4-7-20/h2-4,6-7,9-12,14-16H,5,8,13,18H2,1H3,(H,31,32)/b23-14-. The maximum Gasteiger partial charge on any atom is 0.261 e. The van der Waals surface area contributed by atoms with E-state index >= 15 is 0 Å². The minimum absolute atomic E-state index is 0.0923. The summed E-state index contributed by atoms with van der Waals surface area (Å²) in [7, 11) is 0. The van der Waals surface area contributed by atoms with Gasteiger partial charge in [-0.25, -0.2) is 0 Å². The molecule has 0 unspecified atom stereocenters. The number of nitrogens with zero attached hydrogens (tertiary/aromatic N) is 1. The van der Waals surface area contributed by atoms with Crippen molar-refractivity contribution < 1.29 is 9.53 Å². The van der Waals surface area contributed by atoms with Crippen molar-refractivity contribution in [3.63, 3.8) is 0 Å². The van der Waals surface area contributed by atoms with Gasteiger partial charge in [0.15, 0.2) is 0 Å². The van der Waals surface area contributed by atoms with Crippen molar-refractivity contribution in [1.82, 2.24) is 5.32 Å². The lowest BCUT2D eigenvalue weighted by Gasteiger charge is -2.12. The average Bonchev–Trinajstić information content (AvgIpc) is 2.81. The normalized spacial score (nSPS) is 11.0. The van der Waals surface area contributed by atoms with Crippen LogP contribution in [0.1, 0.15) is 28.7 Å². The highest BCUT2D eigenvalue weighted by molar-refractivity contribution is 14.1. The van der Waals surface area contributed by atoms with Crippen molar-refractivity contribution in [2.75, 3.05) is 6.54 Å². The molecule has 3 rings (SSSR count). The Morgan fingerprint density at radius 3 is 2.33 bits per heavy atom. The lowest BCUT2D eigenvalue weighted by Crippen LogP contribution is -2.25. The quantitative estimate of drug-likeness (QED) is 0.124. The maximum atomic E-state index is 12.5. The third kappa shape index (κ3) is 7.86. The number of benzene rings is 3. The molecular formula is C27H24I2N2O2. The first-order chi connectivity index (χ1) is 16.0. The van der Waals surface area contributed by atoms with Gasteiger partial charge in [0.25, 0.3) is 5.91 Å². The van der Waals surface area contributed by atoms with Crippen LogP contribution in [0.25, 0.3) is 6.08 Å². The van der Waals surface area contributed by atoms with E-state index < -0.39 is 0 Å². The van der Waals surface area contributed by atoms with Crippen molar-refractivity contribution in [3.8, 4) is 11.8 Å². The van der Waals surface area contributed by atoms with Crippen molar-refractivity contribution >= 4 is 57.2 Å². The number of nitrogens with one attached hydrogen (secondary N) is 1. The third-order valence-corrected chi connectivity index (χ3v) is 6.57. The Morgan fingerprint density at radius 2 is 1.70 bits per heavy atom. The maximum absolute atomic E-state index is 12.5. The summed E-state index contributed by atoms with van der Waals surface area (Å²) >= 11 is 4.45. The fourth-order valence-corrected chi connectivity index (χ4v) is 5.32. The van der Waals surface area contributed by atoms with Crippen LogP contribution in [0.15, 0.2) is 72.3 Å². The number of amides is 1. The summed E-state index contributed by atoms with van der Waals surface area (Å²) in [5.41, 5.74) is 4.44. The molecule has 6 heteroatoms. The van der Waals surface area contributed by atoms with Crippen molar-refractivity contribution in [1.29, 1.82) is 5.26 Å². The smallest absolute Gasteiger partial charge is 0.261 e. The van der Waals surface area contributed by atoms with E-state index in [-0.39, 0.29) is 11.5 Å². The van der Waals surface area contributed by atoms with Crippen molar-refractivity contribution in [3.05, 3.63) is 102 Å². The first-order valence-corrected chi connectivity index (χ1v) is 12.7. The van der Waals surface area contributed by atoms with Gasteiger partial charge in [-0.05, 0) is 99.8 Å². The fraction of sp³-hybridized carbons (Fsp3) is 0.185. The van der Waals surface area contributed by atoms with Gasteiger partial charge in [-0.15, -0.1) is 0 Å². The number of carbonyl (C=O) groups excluding carboxylic acids is 1. The molecule has 1 N–H and O–H groups in total. The fourth-order valence-electron chi connectivity index (χ4n) is 3.19. The molecule has 0 radical (unpaired) electrons. The first kappa shape index (κ1) is 25.2. The summed E-state index contributed by atoms with van der Waals surface area (Å²) in [6.07, 6.45) is 3.32. The second-order valence-corrected chi connectivity index (χ2v) is 9.93. The number of halogens is 2. The molecule has 0 aliphatic carbocycles. The highest BCUT2D eigenvalue weighted by Crippen LogP contribution is 2.30. The van der Waals surface area contributed by atoms with Crippen molar-refractivity contribution in [2.45, 2.75) is 26.4 Å². The molecule has 0 aromatic heterocycles. The van der Waals surface area contributed by atoms with Gasteiger partial charge in [-0.3, -0.25) is 4.79 Å². The van der Waals surface area contributed by atoms with E-state index in [1.807, 2.05) is 36.4 Å². The molecule has 0 fully saturated rings. The molecule has 0 bridgehead atoms. The molecule has 33 heavy (non-hydrogen) atoms. The van der Waals surface area contributed by atoms with Gasteiger partial charge < -0.3 is 10.1 Å². The molecule has 1 amide bonds. The number of aryl methyl sites for hydroxylation is 2. The van der Waals surface area contributed by atoms with Crippen LogP contribution < -0.4 is 10.1 Å². The monoisotopic (exact) mass is 662 g/mol. The molecule has 0 spiro atoms. The number of carbonyl (C=O) groups is 1. The van der Waals surface area contributed by atoms with Crippen LogP contribution in [0.3, 0.4) is 0 Å². The van der Waals surface area contributed by atoms with E-state index in [0.29, 0.717) is 13.2 Å². The Kier molecular flexibility index (Phi) is 9.76. The predicted molar refractivity (Wildman–Crippen MR) is 149 cm³/mol. The molecule has 0 saturated carbocycles. The molecule has 4 nitrogen and oxygen atoms in total. The zero-order valence-electron chi connectivity index (χ0n) is 18.3. The number of rotatable bonds is 9. The Morgan fingerprint density at radius 1 is 1.03 bits per heavy atom. The summed E-state index contributed by atoms with van der Waals surface area (Å²) in [6, 6.07) is 24.3. The third-order valence-electron chi connectivity index (χ3n) is 4.97. The molecular weight excluding hydrogens is 638 g/mol. The van der Waals surface area contributed by atoms with Crippen LogP contribution >= 0.6 is 45.2 Å². The second kappa shape index (κ2) is 12.8. The van der Waals surface area contributed by atoms with E-state index in [9.17, 15) is 10.1 Å². The Labute approximate surface area is 222 Å². The Balaban J connectivity index is 1.60. The highest BCUT2D eigenvalue weighted by atomic mass is 127. The van der Waals surface area contributed by atoms with Gasteiger partial charge in [-0.1, -0.05) is 60.2 Å². The molecule has 3 aromatic carbocycles. The Hall–Kier alpha value is -2.38. The number of nitriles is 1. The van der Waals surface area contributed by atoms with E-state index in [1.54, 1.807) is 6.08 Å². The summed E-state index contributed by atoms with van der Waals surface area (Å²) in [6.45, 7) is 3.06. The average molecular weight is 662 g/mol. The summed E-state index contributed by atoms with van der Waals surface area (Å²) in [5.74, 6) is 0.452. The van der Waals surface area contributed by atoms with E-state index in [1.165, 1.54) is 11.1 Å². The molecule has 0 aliphatic heterocycles. The second-order valence-electron chi connectivity index (χ2n) is 7.60. The van der Waals surface area contributed by atoms with Gasteiger partial charge in [-0.2, -0.15) is 5.26 Å². The van der Waals surface area contributed by atoms with Gasteiger partial charge in [0, 0.05) is 6.54 Å². The van der Waals surface area contributed by atoms with Crippen LogP contribution in [0, 0.1) is 25.4 Å². The van der Waals surface area contributed by atoms with E-state index in [2.05, 4.69) is 93.8 Å². The zero-order valence-corrected chi connectivity index (χ0v) is 22.6. The van der Waals surface area contributed by atoms with Crippen LogP contribution in [-0.2, 0) is 17.8 Å². The summed E-state index contributed by atoms with van der Waals surface area (Å²) in [5, 5.41) is 12.4. The highest BCUT2D eigenvalue weighted by Gasteiger charge is 2.12. The Bertz CT molecular complexity index is 1140. The molecule has 0 heterocycles. The number of ether oxygens (including phenoxy) is 1. The number of hydrogen-bond donors (Lipinski definition) is 1. The lowest BCUT2D eigenvalue weighted by atomic mass is 10.1. The largest absolute Gasteiger partial charge is 0.487 e. The zero-order chi connectivity index (χ0) is 23.6. The van der Waals surface area contributed by atoms with Crippen LogP contribution in [0.2, 0.25) is 0 Å². The van der Waals surface area contributed by atoms with Crippen LogP contribution in [0.4, 0.5) is 0 Å². The molecule has 0 atom stereocenters.